The Morgan fingerprint density at radius 1 is 1.04 bits per heavy atom. The van der Waals surface area contributed by atoms with E-state index >= 15 is 0 Å². The van der Waals surface area contributed by atoms with Gasteiger partial charge < -0.3 is 10.4 Å². The summed E-state index contributed by atoms with van der Waals surface area (Å²) in [5.74, 6) is 0.655. The Hall–Kier alpha value is -2.71. The van der Waals surface area contributed by atoms with E-state index in [4.69, 9.17) is 0 Å². The molecule has 0 amide bonds. The maximum atomic E-state index is 12.7. The number of nitrogens with one attached hydrogen (secondary N) is 2. The van der Waals surface area contributed by atoms with Gasteiger partial charge in [-0.15, -0.1) is 0 Å². The molecule has 8 heteroatoms. The van der Waals surface area contributed by atoms with Crippen LogP contribution in [0.4, 0.5) is 24.7 Å². The van der Waals surface area contributed by atoms with Crippen molar-refractivity contribution in [3.63, 3.8) is 0 Å². The highest BCUT2D eigenvalue weighted by Gasteiger charge is 2.29. The lowest BCUT2D eigenvalue weighted by atomic mass is 10.1. The van der Waals surface area contributed by atoms with Gasteiger partial charge in [-0.05, 0) is 73.1 Å². The van der Waals surface area contributed by atoms with E-state index < -0.39 is 11.7 Å². The van der Waals surface area contributed by atoms with E-state index in [1.807, 2.05) is 12.1 Å². The first kappa shape index (κ1) is 19.1. The number of hydrogen-bond donors (Lipinski definition) is 3. The molecule has 0 saturated heterocycles. The van der Waals surface area contributed by atoms with E-state index in [9.17, 15) is 18.3 Å². The molecule has 2 aromatic carbocycles. The van der Waals surface area contributed by atoms with Crippen molar-refractivity contribution >= 4 is 23.5 Å². The third-order valence-corrected chi connectivity index (χ3v) is 4.52. The quantitative estimate of drug-likeness (QED) is 0.506. The van der Waals surface area contributed by atoms with Crippen LogP contribution >= 0.6 is 11.9 Å². The number of pyridine rings is 1. The molecule has 3 N–H and O–H groups in total. The van der Waals surface area contributed by atoms with Crippen molar-refractivity contribution in [1.29, 1.82) is 0 Å². The summed E-state index contributed by atoms with van der Waals surface area (Å²) in [5, 5.41) is 13.0. The first-order chi connectivity index (χ1) is 12.9. The smallest absolute Gasteiger partial charge is 0.416 e. The second kappa shape index (κ2) is 7.89. The lowest BCUT2D eigenvalue weighted by molar-refractivity contribution is -0.137. The molecular weight excluding hydrogens is 375 g/mol. The van der Waals surface area contributed by atoms with Crippen molar-refractivity contribution in [2.75, 3.05) is 12.4 Å². The zero-order chi connectivity index (χ0) is 19.4. The van der Waals surface area contributed by atoms with Gasteiger partial charge in [-0.2, -0.15) is 13.2 Å². The molecule has 0 aliphatic rings. The van der Waals surface area contributed by atoms with Gasteiger partial charge in [0.2, 0.25) is 0 Å². The number of halogens is 3. The van der Waals surface area contributed by atoms with Gasteiger partial charge in [0, 0.05) is 17.4 Å². The lowest BCUT2D eigenvalue weighted by Crippen LogP contribution is -2.04. The highest BCUT2D eigenvalue weighted by atomic mass is 32.2. The maximum Gasteiger partial charge on any atom is 0.416 e. The summed E-state index contributed by atoms with van der Waals surface area (Å²) in [6.07, 6.45) is -2.78. The highest BCUT2D eigenvalue weighted by molar-refractivity contribution is 7.97. The number of nitrogens with zero attached hydrogens (tertiary/aromatic N) is 1. The summed E-state index contributed by atoms with van der Waals surface area (Å²) in [7, 11) is 1.75. The number of aromatic nitrogens is 1. The van der Waals surface area contributed by atoms with Gasteiger partial charge in [0.15, 0.2) is 0 Å². The largest absolute Gasteiger partial charge is 0.507 e. The minimum atomic E-state index is -4.37. The number of anilines is 2. The van der Waals surface area contributed by atoms with Crippen molar-refractivity contribution in [3.8, 4) is 16.9 Å². The topological polar surface area (TPSA) is 57.2 Å². The highest BCUT2D eigenvalue weighted by Crippen LogP contribution is 2.35. The van der Waals surface area contributed by atoms with E-state index in [1.165, 1.54) is 24.1 Å². The molecule has 3 rings (SSSR count). The number of rotatable bonds is 5. The number of aromatic hydroxyl groups is 1. The summed E-state index contributed by atoms with van der Waals surface area (Å²) in [4.78, 5) is 4.95. The number of alkyl halides is 3. The first-order valence-corrected chi connectivity index (χ1v) is 8.76. The van der Waals surface area contributed by atoms with E-state index in [0.717, 1.165) is 23.3 Å². The fourth-order valence-electron chi connectivity index (χ4n) is 2.49. The van der Waals surface area contributed by atoms with Crippen LogP contribution in [-0.4, -0.2) is 17.1 Å². The molecule has 0 bridgehead atoms. The summed E-state index contributed by atoms with van der Waals surface area (Å²) in [6.45, 7) is 0. The monoisotopic (exact) mass is 391 g/mol. The number of benzene rings is 2. The molecule has 0 saturated carbocycles. The van der Waals surface area contributed by atoms with E-state index in [2.05, 4.69) is 15.0 Å². The van der Waals surface area contributed by atoms with Crippen LogP contribution in [0.15, 0.2) is 65.7 Å². The third kappa shape index (κ3) is 4.53. The molecule has 27 heavy (non-hydrogen) atoms. The summed E-state index contributed by atoms with van der Waals surface area (Å²) in [6, 6.07) is 13.5. The number of phenolic OH excluding ortho intramolecular Hbond substituents is 1. The van der Waals surface area contributed by atoms with Crippen LogP contribution < -0.4 is 10.0 Å². The molecular formula is C19H16F3N3OS. The summed E-state index contributed by atoms with van der Waals surface area (Å²) < 4.78 is 41.0. The molecule has 140 valence electrons. The van der Waals surface area contributed by atoms with Gasteiger partial charge >= 0.3 is 6.18 Å². The van der Waals surface area contributed by atoms with E-state index in [1.54, 1.807) is 31.4 Å². The predicted molar refractivity (Wildman–Crippen MR) is 101 cm³/mol. The normalized spacial score (nSPS) is 11.4. The molecule has 0 radical (unpaired) electrons. The average Bonchev–Trinajstić information content (AvgIpc) is 2.64. The van der Waals surface area contributed by atoms with Crippen molar-refractivity contribution < 1.29 is 18.3 Å². The second-order valence-corrected chi connectivity index (χ2v) is 6.64. The fraction of sp³-hybridized carbons (Fsp3) is 0.105. The minimum Gasteiger partial charge on any atom is -0.507 e. The SMILES string of the molecule is CNSc1cc(-c2cccnc2Nc2ccc(C(F)(F)F)cc2)ccc1O. The van der Waals surface area contributed by atoms with Gasteiger partial charge in [0.25, 0.3) is 0 Å². The Bertz CT molecular complexity index is 930. The molecule has 0 fully saturated rings. The molecule has 0 atom stereocenters. The molecule has 3 aromatic rings. The van der Waals surface area contributed by atoms with Crippen LogP contribution in [0.3, 0.4) is 0 Å². The van der Waals surface area contributed by atoms with Gasteiger partial charge in [0.05, 0.1) is 10.5 Å². The van der Waals surface area contributed by atoms with Crippen LogP contribution in [0.5, 0.6) is 5.75 Å². The molecule has 0 aliphatic carbocycles. The summed E-state index contributed by atoms with van der Waals surface area (Å²) >= 11 is 1.28. The Balaban J connectivity index is 1.92. The van der Waals surface area contributed by atoms with Crippen LogP contribution in [0, 0.1) is 0 Å². The van der Waals surface area contributed by atoms with Crippen LogP contribution in [-0.2, 0) is 6.18 Å². The zero-order valence-electron chi connectivity index (χ0n) is 14.2. The van der Waals surface area contributed by atoms with Gasteiger partial charge in [-0.3, -0.25) is 4.72 Å². The second-order valence-electron chi connectivity index (χ2n) is 5.59. The van der Waals surface area contributed by atoms with Gasteiger partial charge in [0.1, 0.15) is 11.6 Å². The van der Waals surface area contributed by atoms with E-state index in [-0.39, 0.29) is 5.75 Å². The molecule has 0 aliphatic heterocycles. The molecule has 4 nitrogen and oxygen atoms in total. The predicted octanol–water partition coefficient (Wildman–Crippen LogP) is 5.44. The maximum absolute atomic E-state index is 12.7. The molecule has 0 unspecified atom stereocenters. The molecule has 0 spiro atoms. The van der Waals surface area contributed by atoms with E-state index in [0.29, 0.717) is 16.4 Å². The average molecular weight is 391 g/mol. The Morgan fingerprint density at radius 3 is 2.44 bits per heavy atom. The standard InChI is InChI=1S/C19H16F3N3OS/c1-23-27-17-11-12(4-9-16(17)26)15-3-2-10-24-18(15)25-14-7-5-13(6-8-14)19(20,21)22/h2-11,23,26H,1H3,(H,24,25). The minimum absolute atomic E-state index is 0.152. The number of phenols is 1. The van der Waals surface area contributed by atoms with Crippen molar-refractivity contribution in [2.45, 2.75) is 11.1 Å². The van der Waals surface area contributed by atoms with Crippen molar-refractivity contribution in [2.24, 2.45) is 0 Å². The Morgan fingerprint density at radius 2 is 1.78 bits per heavy atom. The van der Waals surface area contributed by atoms with Gasteiger partial charge in [-0.25, -0.2) is 4.98 Å². The number of hydrogen-bond acceptors (Lipinski definition) is 5. The van der Waals surface area contributed by atoms with Crippen LogP contribution in [0.2, 0.25) is 0 Å². The van der Waals surface area contributed by atoms with Crippen LogP contribution in [0.1, 0.15) is 5.56 Å². The van der Waals surface area contributed by atoms with Crippen LogP contribution in [0.25, 0.3) is 11.1 Å². The fourth-order valence-corrected chi connectivity index (χ4v) is 3.07. The zero-order valence-corrected chi connectivity index (χ0v) is 15.0. The van der Waals surface area contributed by atoms with Crippen molar-refractivity contribution in [3.05, 3.63) is 66.4 Å². The third-order valence-electron chi connectivity index (χ3n) is 3.77. The molecule has 1 aromatic heterocycles. The lowest BCUT2D eigenvalue weighted by Gasteiger charge is -2.13. The molecule has 1 heterocycles. The Labute approximate surface area is 158 Å². The van der Waals surface area contributed by atoms with Gasteiger partial charge in [-0.1, -0.05) is 6.07 Å². The Kier molecular flexibility index (Phi) is 5.57. The first-order valence-electron chi connectivity index (χ1n) is 7.95. The van der Waals surface area contributed by atoms with Crippen molar-refractivity contribution in [1.82, 2.24) is 9.71 Å². The summed E-state index contributed by atoms with van der Waals surface area (Å²) in [5.41, 5.74) is 1.36.